The molecule has 3 aromatic carbocycles. The predicted octanol–water partition coefficient (Wildman–Crippen LogP) is 3.81. The lowest BCUT2D eigenvalue weighted by molar-refractivity contribution is -0.119. The molecule has 0 bridgehead atoms. The van der Waals surface area contributed by atoms with Gasteiger partial charge in [-0.1, -0.05) is 30.3 Å². The van der Waals surface area contributed by atoms with Crippen molar-refractivity contribution in [3.8, 4) is 23.0 Å². The fourth-order valence-electron chi connectivity index (χ4n) is 4.19. The Balaban J connectivity index is 1.68. The van der Waals surface area contributed by atoms with E-state index in [1.54, 1.807) is 36.4 Å². The summed E-state index contributed by atoms with van der Waals surface area (Å²) in [7, 11) is 3.06. The number of hydrogen-bond donors (Lipinski definition) is 1. The van der Waals surface area contributed by atoms with Crippen molar-refractivity contribution < 1.29 is 33.6 Å². The number of ether oxygens (including phenoxy) is 5. The Hall–Kier alpha value is -3.97. The van der Waals surface area contributed by atoms with Gasteiger partial charge < -0.3 is 28.8 Å². The summed E-state index contributed by atoms with van der Waals surface area (Å²) in [6.45, 7) is 0.135. The number of cyclic esters (lactones) is 1. The largest absolute Gasteiger partial charge is 0.521 e. The average molecular weight is 447 g/mol. The van der Waals surface area contributed by atoms with Crippen LogP contribution in [0.1, 0.15) is 16.7 Å². The van der Waals surface area contributed by atoms with Crippen LogP contribution < -0.4 is 18.9 Å². The number of aliphatic hydroxyl groups is 1. The van der Waals surface area contributed by atoms with Crippen molar-refractivity contribution >= 4 is 11.5 Å². The molecule has 0 spiro atoms. The first-order valence-corrected chi connectivity index (χ1v) is 10.4. The van der Waals surface area contributed by atoms with Crippen molar-refractivity contribution in [1.82, 2.24) is 0 Å². The highest BCUT2D eigenvalue weighted by Gasteiger charge is 2.56. The summed E-state index contributed by atoms with van der Waals surface area (Å²) in [5, 5.41) is 11.8. The van der Waals surface area contributed by atoms with Crippen molar-refractivity contribution in [2.24, 2.45) is 0 Å². The standard InChI is InChI=1S/C26H22O7/c1-29-20-11-9-18(14-22(20)30-2)26(28)19(12-16-6-4-3-5-7-16)24(25(27)33-26)17-8-10-21-23(13-17)32-15-31-21/h3-11,13-14,28H,12,15H2,1-2H3/p+1. The Morgan fingerprint density at radius 2 is 1.67 bits per heavy atom. The molecule has 0 saturated heterocycles. The number of fused-ring (bicyclic) bond motifs is 1. The summed E-state index contributed by atoms with van der Waals surface area (Å²) in [5.74, 6) is -0.170. The zero-order chi connectivity index (χ0) is 23.0. The highest BCUT2D eigenvalue weighted by atomic mass is 16.7. The van der Waals surface area contributed by atoms with E-state index in [0.29, 0.717) is 51.7 Å². The van der Waals surface area contributed by atoms with Crippen molar-refractivity contribution in [2.75, 3.05) is 21.0 Å². The summed E-state index contributed by atoms with van der Waals surface area (Å²) in [6.07, 6.45) is 0.333. The van der Waals surface area contributed by atoms with Crippen LogP contribution in [0.4, 0.5) is 0 Å². The molecule has 7 heteroatoms. The lowest BCUT2D eigenvalue weighted by Gasteiger charge is -2.21. The number of rotatable bonds is 6. The molecule has 5 rings (SSSR count). The van der Waals surface area contributed by atoms with E-state index in [9.17, 15) is 9.90 Å². The quantitative estimate of drug-likeness (QED) is 0.457. The van der Waals surface area contributed by atoms with Crippen molar-refractivity contribution in [2.45, 2.75) is 12.2 Å². The third-order valence-corrected chi connectivity index (χ3v) is 5.83. The minimum absolute atomic E-state index is 0.135. The third-order valence-electron chi connectivity index (χ3n) is 5.83. The van der Waals surface area contributed by atoms with Gasteiger partial charge in [-0.05, 0) is 47.5 Å². The molecule has 0 aliphatic carbocycles. The zero-order valence-electron chi connectivity index (χ0n) is 18.2. The molecule has 0 fully saturated rings. The van der Waals surface area contributed by atoms with Gasteiger partial charge in [0.15, 0.2) is 23.0 Å². The molecule has 1 unspecified atom stereocenters. The second-order valence-corrected chi connectivity index (χ2v) is 7.70. The molecule has 168 valence electrons. The highest BCUT2D eigenvalue weighted by molar-refractivity contribution is 6.20. The summed E-state index contributed by atoms with van der Waals surface area (Å²) < 4.78 is 27.4. The Morgan fingerprint density at radius 3 is 2.42 bits per heavy atom. The molecule has 7 nitrogen and oxygen atoms in total. The Labute approximate surface area is 190 Å². The van der Waals surface area contributed by atoms with Gasteiger partial charge in [0.05, 0.1) is 25.4 Å². The molecular formula is C26H23O7+. The van der Waals surface area contributed by atoms with Gasteiger partial charge in [-0.15, -0.1) is 0 Å². The lowest BCUT2D eigenvalue weighted by atomic mass is 9.88. The minimum atomic E-state index is -1.93. The topological polar surface area (TPSA) is 87.8 Å². The maximum Gasteiger partial charge on any atom is 0.521 e. The summed E-state index contributed by atoms with van der Waals surface area (Å²) >= 11 is 0. The monoisotopic (exact) mass is 447 g/mol. The van der Waals surface area contributed by atoms with E-state index in [4.69, 9.17) is 23.7 Å². The molecule has 0 aromatic heterocycles. The Kier molecular flexibility index (Phi) is 5.18. The van der Waals surface area contributed by atoms with E-state index in [1.807, 2.05) is 30.3 Å². The predicted molar refractivity (Wildman–Crippen MR) is 121 cm³/mol. The second-order valence-electron chi connectivity index (χ2n) is 7.70. The van der Waals surface area contributed by atoms with Crippen LogP contribution in [0.5, 0.6) is 23.0 Å². The number of esters is 1. The van der Waals surface area contributed by atoms with E-state index in [-0.39, 0.29) is 12.8 Å². The van der Waals surface area contributed by atoms with Gasteiger partial charge in [-0.25, -0.2) is 0 Å². The van der Waals surface area contributed by atoms with Gasteiger partial charge in [-0.2, -0.15) is 0 Å². The molecule has 0 radical (unpaired) electrons. The molecule has 1 atom stereocenters. The molecule has 0 saturated carbocycles. The lowest BCUT2D eigenvalue weighted by Crippen LogP contribution is -2.30. The number of hydrogen-bond acceptors (Lipinski definition) is 6. The molecule has 0 amide bonds. The van der Waals surface area contributed by atoms with Crippen LogP contribution in [-0.4, -0.2) is 36.9 Å². The van der Waals surface area contributed by atoms with Crippen LogP contribution in [-0.2, 0) is 16.9 Å². The van der Waals surface area contributed by atoms with Gasteiger partial charge >= 0.3 is 11.8 Å². The van der Waals surface area contributed by atoms with Crippen molar-refractivity contribution in [3.05, 3.63) is 89.0 Å². The number of methoxy groups -OCH3 is 2. The van der Waals surface area contributed by atoms with E-state index in [0.717, 1.165) is 5.56 Å². The number of benzene rings is 3. The second kappa shape index (κ2) is 8.18. The zero-order valence-corrected chi connectivity index (χ0v) is 18.2. The first-order chi connectivity index (χ1) is 16.0. The molecular weight excluding hydrogens is 424 g/mol. The van der Waals surface area contributed by atoms with Crippen LogP contribution in [0.25, 0.3) is 5.57 Å². The first-order valence-electron chi connectivity index (χ1n) is 10.4. The first kappa shape index (κ1) is 20.9. The molecule has 2 aliphatic rings. The van der Waals surface area contributed by atoms with Gasteiger partial charge in [-0.3, -0.25) is 4.74 Å². The van der Waals surface area contributed by atoms with E-state index in [1.165, 1.54) is 14.2 Å². The van der Waals surface area contributed by atoms with Crippen LogP contribution >= 0.6 is 0 Å². The summed E-state index contributed by atoms with van der Waals surface area (Å²) in [4.78, 5) is 10.9. The van der Waals surface area contributed by atoms with Gasteiger partial charge in [0.2, 0.25) is 6.79 Å². The van der Waals surface area contributed by atoms with Crippen LogP contribution in [0.2, 0.25) is 0 Å². The summed E-state index contributed by atoms with van der Waals surface area (Å²) in [5.41, 5.74) is 2.86. The molecule has 3 aromatic rings. The van der Waals surface area contributed by atoms with Gasteiger partial charge in [0, 0.05) is 6.42 Å². The van der Waals surface area contributed by atoms with Crippen molar-refractivity contribution in [3.63, 3.8) is 0 Å². The highest BCUT2D eigenvalue weighted by Crippen LogP contribution is 2.47. The maximum atomic E-state index is 11.8. The van der Waals surface area contributed by atoms with Gasteiger partial charge in [0.25, 0.3) is 0 Å². The van der Waals surface area contributed by atoms with E-state index in [2.05, 4.69) is 0 Å². The summed E-state index contributed by atoms with van der Waals surface area (Å²) in [6, 6.07) is 20.0. The molecule has 2 heterocycles. The molecule has 2 aliphatic heterocycles. The van der Waals surface area contributed by atoms with E-state index < -0.39 is 5.79 Å². The molecule has 2 N–H and O–H groups in total. The Morgan fingerprint density at radius 1 is 0.909 bits per heavy atom. The fourth-order valence-corrected chi connectivity index (χ4v) is 4.19. The maximum absolute atomic E-state index is 11.8. The molecule has 33 heavy (non-hydrogen) atoms. The van der Waals surface area contributed by atoms with Gasteiger partial charge in [0.1, 0.15) is 5.57 Å². The average Bonchev–Trinajstić information content (AvgIpc) is 3.41. The fraction of sp³-hybridized carbons (Fsp3) is 0.192. The Bertz CT molecular complexity index is 1250. The van der Waals surface area contributed by atoms with Crippen LogP contribution in [0.3, 0.4) is 0 Å². The van der Waals surface area contributed by atoms with E-state index >= 15 is 0 Å². The van der Waals surface area contributed by atoms with Crippen molar-refractivity contribution in [1.29, 1.82) is 0 Å². The normalized spacial score (nSPS) is 18.9. The van der Waals surface area contributed by atoms with Crippen LogP contribution in [0, 0.1) is 0 Å². The number of carbonyl (C=O) groups excluding carboxylic acids is 1. The third kappa shape index (κ3) is 3.56. The minimum Gasteiger partial charge on any atom is -0.493 e. The SMILES string of the molecule is COc1ccc(C2(O)OC(=[OH+])C(c3ccc4c(c3)OCO4)=C2Cc2ccccc2)cc1OC. The van der Waals surface area contributed by atoms with Crippen LogP contribution in [0.15, 0.2) is 72.3 Å². The smallest absolute Gasteiger partial charge is 0.493 e.